The van der Waals surface area contributed by atoms with Crippen molar-refractivity contribution in [1.82, 2.24) is 5.32 Å². The fraction of sp³-hybridized carbons (Fsp3) is 0.333. The lowest BCUT2D eigenvalue weighted by Gasteiger charge is -2.27. The van der Waals surface area contributed by atoms with Crippen LogP contribution in [0.1, 0.15) is 36.1 Å². The largest absolute Gasteiger partial charge is 0.347 e. The fourth-order valence-corrected chi connectivity index (χ4v) is 2.94. The van der Waals surface area contributed by atoms with E-state index in [-0.39, 0.29) is 5.41 Å². The summed E-state index contributed by atoms with van der Waals surface area (Å²) in [5, 5.41) is 5.42. The Labute approximate surface area is 149 Å². The first-order valence-electron chi connectivity index (χ1n) is 8.43. The number of rotatable bonds is 4. The van der Waals surface area contributed by atoms with E-state index < -0.39 is 11.8 Å². The Morgan fingerprint density at radius 2 is 1.60 bits per heavy atom. The van der Waals surface area contributed by atoms with E-state index in [1.165, 1.54) is 5.56 Å². The average molecular weight is 338 g/mol. The van der Waals surface area contributed by atoms with Gasteiger partial charge in [-0.1, -0.05) is 55.8 Å². The molecule has 4 heteroatoms. The number of benzene rings is 2. The summed E-state index contributed by atoms with van der Waals surface area (Å²) >= 11 is 0. The number of aryl methyl sites for hydroxylation is 3. The van der Waals surface area contributed by atoms with Crippen LogP contribution in [-0.2, 0) is 15.0 Å². The summed E-state index contributed by atoms with van der Waals surface area (Å²) in [5.41, 5.74) is 4.76. The van der Waals surface area contributed by atoms with Crippen molar-refractivity contribution >= 4 is 17.5 Å². The number of nitrogens with one attached hydrogen (secondary N) is 2. The Morgan fingerprint density at radius 3 is 2.24 bits per heavy atom. The third-order valence-corrected chi connectivity index (χ3v) is 4.40. The highest BCUT2D eigenvalue weighted by Gasteiger charge is 2.24. The van der Waals surface area contributed by atoms with E-state index in [1.807, 2.05) is 57.2 Å². The van der Waals surface area contributed by atoms with Crippen LogP contribution in [0.25, 0.3) is 0 Å². The summed E-state index contributed by atoms with van der Waals surface area (Å²) in [6, 6.07) is 13.8. The van der Waals surface area contributed by atoms with Gasteiger partial charge in [0.2, 0.25) is 0 Å². The maximum atomic E-state index is 12.2. The first kappa shape index (κ1) is 18.7. The Hall–Kier alpha value is -2.62. The molecule has 0 saturated carbocycles. The van der Waals surface area contributed by atoms with Crippen LogP contribution < -0.4 is 10.6 Å². The predicted octanol–water partition coefficient (Wildman–Crippen LogP) is 3.64. The summed E-state index contributed by atoms with van der Waals surface area (Å²) in [6.07, 6.45) is 0. The van der Waals surface area contributed by atoms with E-state index in [2.05, 4.69) is 30.5 Å². The smallest absolute Gasteiger partial charge is 0.313 e. The Balaban J connectivity index is 1.99. The topological polar surface area (TPSA) is 58.2 Å². The Bertz CT molecular complexity index is 794. The summed E-state index contributed by atoms with van der Waals surface area (Å²) in [7, 11) is 0. The van der Waals surface area contributed by atoms with Gasteiger partial charge in [-0.25, -0.2) is 0 Å². The minimum atomic E-state index is -0.646. The molecule has 4 nitrogen and oxygen atoms in total. The van der Waals surface area contributed by atoms with Crippen LogP contribution >= 0.6 is 0 Å². The number of hydrogen-bond donors (Lipinski definition) is 2. The zero-order valence-electron chi connectivity index (χ0n) is 15.6. The van der Waals surface area contributed by atoms with Crippen molar-refractivity contribution in [3.63, 3.8) is 0 Å². The van der Waals surface area contributed by atoms with Crippen molar-refractivity contribution < 1.29 is 9.59 Å². The van der Waals surface area contributed by atoms with Gasteiger partial charge in [0, 0.05) is 17.6 Å². The van der Waals surface area contributed by atoms with Crippen molar-refractivity contribution in [2.45, 2.75) is 40.0 Å². The molecule has 0 radical (unpaired) electrons. The van der Waals surface area contributed by atoms with Gasteiger partial charge in [0.25, 0.3) is 0 Å². The van der Waals surface area contributed by atoms with Crippen molar-refractivity contribution in [3.8, 4) is 0 Å². The summed E-state index contributed by atoms with van der Waals surface area (Å²) < 4.78 is 0. The molecular weight excluding hydrogens is 312 g/mol. The standard InChI is InChI=1S/C21H26N2O2/c1-14-10-11-18(16(3)12-14)23-20(25)19(24)22-13-21(4,5)17-9-7-6-8-15(17)2/h6-12H,13H2,1-5H3,(H,22,24)(H,23,25). The molecule has 2 aromatic rings. The van der Waals surface area contributed by atoms with E-state index in [4.69, 9.17) is 0 Å². The lowest BCUT2D eigenvalue weighted by atomic mass is 9.82. The molecule has 0 heterocycles. The highest BCUT2D eigenvalue weighted by molar-refractivity contribution is 6.39. The van der Waals surface area contributed by atoms with Gasteiger partial charge in [-0.15, -0.1) is 0 Å². The van der Waals surface area contributed by atoms with Crippen molar-refractivity contribution in [2.75, 3.05) is 11.9 Å². The first-order valence-corrected chi connectivity index (χ1v) is 8.43. The van der Waals surface area contributed by atoms with E-state index in [0.29, 0.717) is 12.2 Å². The van der Waals surface area contributed by atoms with Crippen molar-refractivity contribution in [3.05, 3.63) is 64.7 Å². The third kappa shape index (κ3) is 4.69. The van der Waals surface area contributed by atoms with Gasteiger partial charge in [-0.2, -0.15) is 0 Å². The molecule has 0 aliphatic heterocycles. The molecule has 2 aromatic carbocycles. The summed E-state index contributed by atoms with van der Waals surface area (Å²) in [4.78, 5) is 24.3. The van der Waals surface area contributed by atoms with E-state index in [0.717, 1.165) is 16.7 Å². The molecule has 0 bridgehead atoms. The summed E-state index contributed by atoms with van der Waals surface area (Å²) in [6.45, 7) is 10.4. The van der Waals surface area contributed by atoms with Crippen LogP contribution in [-0.4, -0.2) is 18.4 Å². The Kier molecular flexibility index (Phi) is 5.62. The number of hydrogen-bond acceptors (Lipinski definition) is 2. The molecule has 2 N–H and O–H groups in total. The molecule has 0 unspecified atom stereocenters. The van der Waals surface area contributed by atoms with E-state index >= 15 is 0 Å². The molecule has 0 aliphatic carbocycles. The van der Waals surface area contributed by atoms with Crippen molar-refractivity contribution in [1.29, 1.82) is 0 Å². The molecule has 25 heavy (non-hydrogen) atoms. The number of anilines is 1. The molecule has 2 rings (SSSR count). The fourth-order valence-electron chi connectivity index (χ4n) is 2.94. The van der Waals surface area contributed by atoms with Crippen LogP contribution in [0.3, 0.4) is 0 Å². The lowest BCUT2D eigenvalue weighted by molar-refractivity contribution is -0.136. The van der Waals surface area contributed by atoms with Gasteiger partial charge in [0.15, 0.2) is 0 Å². The number of amides is 2. The quantitative estimate of drug-likeness (QED) is 0.836. The normalized spacial score (nSPS) is 11.1. The van der Waals surface area contributed by atoms with Crippen LogP contribution in [0, 0.1) is 20.8 Å². The first-order chi connectivity index (χ1) is 11.7. The van der Waals surface area contributed by atoms with Crippen LogP contribution in [0.4, 0.5) is 5.69 Å². The van der Waals surface area contributed by atoms with Gasteiger partial charge in [0.1, 0.15) is 0 Å². The summed E-state index contributed by atoms with van der Waals surface area (Å²) in [5.74, 6) is -1.27. The second-order valence-electron chi connectivity index (χ2n) is 7.15. The predicted molar refractivity (Wildman–Crippen MR) is 102 cm³/mol. The zero-order chi connectivity index (χ0) is 18.6. The van der Waals surface area contributed by atoms with E-state index in [9.17, 15) is 9.59 Å². The van der Waals surface area contributed by atoms with Gasteiger partial charge >= 0.3 is 11.8 Å². The molecule has 0 atom stereocenters. The van der Waals surface area contributed by atoms with E-state index in [1.54, 1.807) is 0 Å². The molecule has 0 spiro atoms. The van der Waals surface area contributed by atoms with Crippen molar-refractivity contribution in [2.24, 2.45) is 0 Å². The minimum absolute atomic E-state index is 0.263. The molecule has 0 saturated heterocycles. The molecule has 2 amide bonds. The molecule has 0 aromatic heterocycles. The molecule has 0 fully saturated rings. The molecule has 0 aliphatic rings. The van der Waals surface area contributed by atoms with Gasteiger partial charge in [0.05, 0.1) is 0 Å². The SMILES string of the molecule is Cc1ccc(NC(=O)C(=O)NCC(C)(C)c2ccccc2C)c(C)c1. The van der Waals surface area contributed by atoms with Gasteiger partial charge in [-0.3, -0.25) is 9.59 Å². The maximum absolute atomic E-state index is 12.2. The second-order valence-corrected chi connectivity index (χ2v) is 7.15. The minimum Gasteiger partial charge on any atom is -0.347 e. The second kappa shape index (κ2) is 7.51. The maximum Gasteiger partial charge on any atom is 0.313 e. The van der Waals surface area contributed by atoms with Crippen LogP contribution in [0.2, 0.25) is 0 Å². The number of carbonyl (C=O) groups excluding carboxylic acids is 2. The highest BCUT2D eigenvalue weighted by atomic mass is 16.2. The molecule has 132 valence electrons. The average Bonchev–Trinajstić information content (AvgIpc) is 2.55. The van der Waals surface area contributed by atoms with Crippen LogP contribution in [0.5, 0.6) is 0 Å². The number of carbonyl (C=O) groups is 2. The zero-order valence-corrected chi connectivity index (χ0v) is 15.6. The highest BCUT2D eigenvalue weighted by Crippen LogP contribution is 2.25. The molecular formula is C21H26N2O2. The third-order valence-electron chi connectivity index (χ3n) is 4.40. The Morgan fingerprint density at radius 1 is 0.920 bits per heavy atom. The monoisotopic (exact) mass is 338 g/mol. The van der Waals surface area contributed by atoms with Crippen LogP contribution in [0.15, 0.2) is 42.5 Å². The van der Waals surface area contributed by atoms with Gasteiger partial charge < -0.3 is 10.6 Å². The lowest BCUT2D eigenvalue weighted by Crippen LogP contribution is -2.42. The van der Waals surface area contributed by atoms with Gasteiger partial charge in [-0.05, 0) is 43.5 Å².